The zero-order chi connectivity index (χ0) is 21.9. The van der Waals surface area contributed by atoms with Crippen LogP contribution in [0, 0.1) is 17.7 Å². The molecular formula is C23H24FN3O2S. The minimum atomic E-state index is -1.13. The number of nitrogens with two attached hydrogens (primary N) is 1. The van der Waals surface area contributed by atoms with E-state index in [9.17, 15) is 9.50 Å². The topological polar surface area (TPSA) is 81.3 Å². The van der Waals surface area contributed by atoms with Crippen molar-refractivity contribution in [1.82, 2.24) is 9.97 Å². The van der Waals surface area contributed by atoms with E-state index < -0.39 is 11.4 Å². The Morgan fingerprint density at radius 1 is 1.23 bits per heavy atom. The summed E-state index contributed by atoms with van der Waals surface area (Å²) < 4.78 is 20.0. The average molecular weight is 426 g/mol. The molecule has 2 heterocycles. The molecule has 0 aliphatic carbocycles. The Bertz CT molecular complexity index is 1110. The van der Waals surface area contributed by atoms with Gasteiger partial charge in [-0.05, 0) is 38.1 Å². The molecule has 0 spiro atoms. The molecule has 0 saturated heterocycles. The number of halogens is 1. The van der Waals surface area contributed by atoms with E-state index in [4.69, 9.17) is 10.5 Å². The van der Waals surface area contributed by atoms with Gasteiger partial charge in [-0.3, -0.25) is 0 Å². The van der Waals surface area contributed by atoms with Gasteiger partial charge in [0.1, 0.15) is 18.0 Å². The third kappa shape index (κ3) is 5.56. The Balaban J connectivity index is 1.81. The molecule has 7 heteroatoms. The van der Waals surface area contributed by atoms with Crippen LogP contribution in [0.15, 0.2) is 36.7 Å². The van der Waals surface area contributed by atoms with E-state index in [1.54, 1.807) is 55.8 Å². The first-order valence-electron chi connectivity index (χ1n) is 9.51. The van der Waals surface area contributed by atoms with Gasteiger partial charge in [0.15, 0.2) is 11.6 Å². The molecule has 0 bridgehead atoms. The van der Waals surface area contributed by atoms with Crippen molar-refractivity contribution in [3.8, 4) is 28.0 Å². The summed E-state index contributed by atoms with van der Waals surface area (Å²) in [6.07, 6.45) is 3.48. The second kappa shape index (κ2) is 8.82. The summed E-state index contributed by atoms with van der Waals surface area (Å²) in [6, 6.07) is 6.27. The number of ether oxygens (including phenoxy) is 1. The molecule has 156 valence electrons. The van der Waals surface area contributed by atoms with Gasteiger partial charge in [-0.25, -0.2) is 14.4 Å². The number of nitrogen functional groups attached to an aromatic ring is 1. The largest absolute Gasteiger partial charge is 0.485 e. The van der Waals surface area contributed by atoms with Crippen molar-refractivity contribution in [2.75, 3.05) is 5.73 Å². The van der Waals surface area contributed by atoms with Crippen LogP contribution in [-0.4, -0.2) is 20.7 Å². The van der Waals surface area contributed by atoms with E-state index >= 15 is 0 Å². The van der Waals surface area contributed by atoms with Gasteiger partial charge in [0.25, 0.3) is 0 Å². The standard InChI is InChI=1S/C23H24FN3O2S/c1-14(2)22-27-12-20(30-22)16-10-19(21(25)26-11-16)29-13-17-9-15(5-6-18(17)24)7-8-23(3,4)28/h5-6,9-12,14,28H,13H2,1-4H3,(H2,25,26). The number of benzene rings is 1. The van der Waals surface area contributed by atoms with Gasteiger partial charge in [0, 0.05) is 35.0 Å². The lowest BCUT2D eigenvalue weighted by molar-refractivity contribution is 0.143. The lowest BCUT2D eigenvalue weighted by Gasteiger charge is -2.11. The van der Waals surface area contributed by atoms with Gasteiger partial charge in [-0.1, -0.05) is 25.7 Å². The number of hydrogen-bond donors (Lipinski definition) is 2. The monoisotopic (exact) mass is 425 g/mol. The predicted molar refractivity (Wildman–Crippen MR) is 118 cm³/mol. The van der Waals surface area contributed by atoms with Crippen LogP contribution in [0.25, 0.3) is 10.4 Å². The van der Waals surface area contributed by atoms with Crippen molar-refractivity contribution >= 4 is 17.2 Å². The van der Waals surface area contributed by atoms with Crippen LogP contribution < -0.4 is 10.5 Å². The maximum Gasteiger partial charge on any atom is 0.166 e. The molecule has 3 aromatic rings. The SMILES string of the molecule is CC(C)c1ncc(-c2cnc(N)c(OCc3cc(C#CC(C)(C)O)ccc3F)c2)s1. The molecule has 0 atom stereocenters. The zero-order valence-electron chi connectivity index (χ0n) is 17.4. The Morgan fingerprint density at radius 3 is 2.67 bits per heavy atom. The molecule has 3 rings (SSSR count). The number of rotatable bonds is 5. The summed E-state index contributed by atoms with van der Waals surface area (Å²) >= 11 is 1.59. The van der Waals surface area contributed by atoms with Crippen molar-refractivity contribution < 1.29 is 14.2 Å². The second-order valence-corrected chi connectivity index (χ2v) is 8.79. The number of hydrogen-bond acceptors (Lipinski definition) is 6. The first-order valence-corrected chi connectivity index (χ1v) is 10.3. The Hall–Kier alpha value is -2.95. The number of aromatic nitrogens is 2. The number of aliphatic hydroxyl groups is 1. The van der Waals surface area contributed by atoms with E-state index in [1.807, 2.05) is 0 Å². The van der Waals surface area contributed by atoms with Gasteiger partial charge in [0.2, 0.25) is 0 Å². The van der Waals surface area contributed by atoms with Crippen molar-refractivity contribution in [3.05, 3.63) is 58.6 Å². The van der Waals surface area contributed by atoms with Gasteiger partial charge in [-0.2, -0.15) is 0 Å². The first kappa shape index (κ1) is 21.8. The molecule has 1 aromatic carbocycles. The third-order valence-electron chi connectivity index (χ3n) is 4.13. The maximum atomic E-state index is 14.2. The lowest BCUT2D eigenvalue weighted by Crippen LogP contribution is -2.14. The number of nitrogens with zero attached hydrogens (tertiary/aromatic N) is 2. The van der Waals surface area contributed by atoms with Crippen molar-refractivity contribution in [2.24, 2.45) is 0 Å². The maximum absolute atomic E-state index is 14.2. The normalized spacial score (nSPS) is 11.3. The molecule has 0 unspecified atom stereocenters. The highest BCUT2D eigenvalue weighted by Crippen LogP contribution is 2.33. The fourth-order valence-electron chi connectivity index (χ4n) is 2.54. The molecule has 0 aliphatic heterocycles. The Labute approximate surface area is 179 Å². The van der Waals surface area contributed by atoms with Crippen LogP contribution in [0.4, 0.5) is 10.2 Å². The van der Waals surface area contributed by atoms with Gasteiger partial charge in [-0.15, -0.1) is 11.3 Å². The molecule has 30 heavy (non-hydrogen) atoms. The van der Waals surface area contributed by atoms with E-state index in [-0.39, 0.29) is 12.4 Å². The van der Waals surface area contributed by atoms with Crippen LogP contribution >= 0.6 is 11.3 Å². The second-order valence-electron chi connectivity index (χ2n) is 7.73. The van der Waals surface area contributed by atoms with Crippen LogP contribution in [0.3, 0.4) is 0 Å². The zero-order valence-corrected chi connectivity index (χ0v) is 18.2. The van der Waals surface area contributed by atoms with Crippen LogP contribution in [-0.2, 0) is 6.61 Å². The quantitative estimate of drug-likeness (QED) is 0.577. The fraction of sp³-hybridized carbons (Fsp3) is 0.304. The summed E-state index contributed by atoms with van der Waals surface area (Å²) in [4.78, 5) is 9.60. The van der Waals surface area contributed by atoms with Crippen LogP contribution in [0.2, 0.25) is 0 Å². The molecule has 0 aliphatic rings. The molecule has 0 radical (unpaired) electrons. The highest BCUT2D eigenvalue weighted by Gasteiger charge is 2.12. The summed E-state index contributed by atoms with van der Waals surface area (Å²) in [5.41, 5.74) is 6.59. The molecular weight excluding hydrogens is 401 g/mol. The minimum Gasteiger partial charge on any atom is -0.485 e. The first-order chi connectivity index (χ1) is 14.1. The van der Waals surface area contributed by atoms with Gasteiger partial charge in [0.05, 0.1) is 9.88 Å². The lowest BCUT2D eigenvalue weighted by atomic mass is 10.1. The Morgan fingerprint density at radius 2 is 2.00 bits per heavy atom. The highest BCUT2D eigenvalue weighted by molar-refractivity contribution is 7.15. The number of pyridine rings is 1. The van der Waals surface area contributed by atoms with Crippen LogP contribution in [0.1, 0.15) is 49.7 Å². The highest BCUT2D eigenvalue weighted by atomic mass is 32.1. The molecule has 3 N–H and O–H groups in total. The van der Waals surface area contributed by atoms with Gasteiger partial charge < -0.3 is 15.6 Å². The van der Waals surface area contributed by atoms with Gasteiger partial charge >= 0.3 is 0 Å². The molecule has 2 aromatic heterocycles. The van der Waals surface area contributed by atoms with E-state index in [1.165, 1.54) is 6.07 Å². The third-order valence-corrected chi connectivity index (χ3v) is 5.47. The molecule has 0 saturated carbocycles. The van der Waals surface area contributed by atoms with E-state index in [2.05, 4.69) is 35.7 Å². The summed E-state index contributed by atoms with van der Waals surface area (Å²) in [5.74, 6) is 6.09. The van der Waals surface area contributed by atoms with Crippen LogP contribution in [0.5, 0.6) is 5.75 Å². The van der Waals surface area contributed by atoms with E-state index in [0.717, 1.165) is 15.4 Å². The summed E-state index contributed by atoms with van der Waals surface area (Å²) in [6.45, 7) is 7.33. The van der Waals surface area contributed by atoms with Crippen molar-refractivity contribution in [2.45, 2.75) is 45.8 Å². The minimum absolute atomic E-state index is 0.0286. The number of anilines is 1. The molecule has 0 fully saturated rings. The summed E-state index contributed by atoms with van der Waals surface area (Å²) in [7, 11) is 0. The Kier molecular flexibility index (Phi) is 6.40. The molecule has 0 amide bonds. The predicted octanol–water partition coefficient (Wildman–Crippen LogP) is 4.75. The average Bonchev–Trinajstić information content (AvgIpc) is 3.17. The van der Waals surface area contributed by atoms with E-state index in [0.29, 0.717) is 22.8 Å². The van der Waals surface area contributed by atoms with Crippen molar-refractivity contribution in [3.63, 3.8) is 0 Å². The molecule has 5 nitrogen and oxygen atoms in total. The fourth-order valence-corrected chi connectivity index (χ4v) is 3.44. The van der Waals surface area contributed by atoms with Crippen molar-refractivity contribution in [1.29, 1.82) is 0 Å². The smallest absolute Gasteiger partial charge is 0.166 e. The summed E-state index contributed by atoms with van der Waals surface area (Å²) in [5, 5.41) is 10.8. The number of thiazole rings is 1.